The Kier molecular flexibility index (Phi) is 4.73. The number of benzene rings is 2. The molecule has 2 unspecified atom stereocenters. The monoisotopic (exact) mass is 415 g/mol. The first kappa shape index (κ1) is 19.4. The first-order valence-electron chi connectivity index (χ1n) is 10.5. The van der Waals surface area contributed by atoms with Crippen molar-refractivity contribution in [3.8, 4) is 0 Å². The molecule has 0 aliphatic carbocycles. The van der Waals surface area contributed by atoms with Crippen molar-refractivity contribution in [3.63, 3.8) is 0 Å². The molecule has 2 saturated heterocycles. The van der Waals surface area contributed by atoms with Crippen molar-refractivity contribution < 1.29 is 9.59 Å². The van der Waals surface area contributed by atoms with Gasteiger partial charge in [0.2, 0.25) is 5.96 Å². The molecule has 2 fully saturated rings. The highest BCUT2D eigenvalue weighted by Crippen LogP contribution is 2.33. The summed E-state index contributed by atoms with van der Waals surface area (Å²) in [4.78, 5) is 38.2. The summed E-state index contributed by atoms with van der Waals surface area (Å²) >= 11 is 0. The fourth-order valence-electron chi connectivity index (χ4n) is 4.50. The van der Waals surface area contributed by atoms with Crippen LogP contribution in [0.3, 0.4) is 0 Å². The standard InChI is InChI=1S/C24H25N5O2/c1-17-8-6-12-19(16-17)27-14-15-28-20-21(25-23(27)28)26(2)24(31)29(22(20)30)13-7-11-18-9-4-3-5-10-18/h3-12,16,20-21H,13-15H2,1-2H3/b11-7+. The van der Waals surface area contributed by atoms with E-state index in [9.17, 15) is 9.59 Å². The van der Waals surface area contributed by atoms with Gasteiger partial charge in [0.25, 0.3) is 5.91 Å². The summed E-state index contributed by atoms with van der Waals surface area (Å²) in [6.45, 7) is 3.77. The van der Waals surface area contributed by atoms with E-state index >= 15 is 0 Å². The minimum atomic E-state index is -0.489. The quantitative estimate of drug-likeness (QED) is 0.771. The molecule has 3 heterocycles. The second-order valence-electron chi connectivity index (χ2n) is 8.13. The first-order valence-corrected chi connectivity index (χ1v) is 10.5. The molecule has 0 N–H and O–H groups in total. The lowest BCUT2D eigenvalue weighted by Gasteiger charge is -2.40. The Bertz CT molecular complexity index is 1080. The highest BCUT2D eigenvalue weighted by Gasteiger charge is 2.54. The van der Waals surface area contributed by atoms with Crippen molar-refractivity contribution in [2.24, 2.45) is 4.99 Å². The van der Waals surface area contributed by atoms with Crippen LogP contribution in [0.15, 0.2) is 65.7 Å². The Morgan fingerprint density at radius 2 is 1.87 bits per heavy atom. The lowest BCUT2D eigenvalue weighted by atomic mass is 10.1. The number of urea groups is 1. The Morgan fingerprint density at radius 1 is 1.06 bits per heavy atom. The van der Waals surface area contributed by atoms with E-state index in [1.54, 1.807) is 11.9 Å². The molecule has 3 amide bonds. The zero-order chi connectivity index (χ0) is 21.5. The Hall–Kier alpha value is -3.61. The van der Waals surface area contributed by atoms with Crippen LogP contribution in [0.5, 0.6) is 0 Å². The van der Waals surface area contributed by atoms with Crippen molar-refractivity contribution in [2.45, 2.75) is 19.1 Å². The number of hydrogen-bond donors (Lipinski definition) is 0. The topological polar surface area (TPSA) is 59.5 Å². The third-order valence-corrected chi connectivity index (χ3v) is 6.09. The van der Waals surface area contributed by atoms with E-state index in [-0.39, 0.29) is 18.5 Å². The fraction of sp³-hybridized carbons (Fsp3) is 0.292. The summed E-state index contributed by atoms with van der Waals surface area (Å²) in [6, 6.07) is 17.3. The van der Waals surface area contributed by atoms with E-state index in [1.165, 1.54) is 10.5 Å². The van der Waals surface area contributed by atoms with Crippen molar-refractivity contribution in [3.05, 3.63) is 71.8 Å². The molecular weight excluding hydrogens is 390 g/mol. The minimum absolute atomic E-state index is 0.185. The van der Waals surface area contributed by atoms with Gasteiger partial charge in [0.15, 0.2) is 12.2 Å². The highest BCUT2D eigenvalue weighted by atomic mass is 16.2. The molecule has 2 aromatic carbocycles. The van der Waals surface area contributed by atoms with Crippen molar-refractivity contribution in [1.29, 1.82) is 0 Å². The van der Waals surface area contributed by atoms with Crippen LogP contribution in [-0.2, 0) is 4.79 Å². The molecule has 0 aromatic heterocycles. The van der Waals surface area contributed by atoms with Gasteiger partial charge in [-0.15, -0.1) is 0 Å². The van der Waals surface area contributed by atoms with Crippen LogP contribution in [0.1, 0.15) is 11.1 Å². The number of amides is 3. The van der Waals surface area contributed by atoms with Gasteiger partial charge in [0, 0.05) is 32.4 Å². The number of aliphatic imine (C=N–C) groups is 1. The van der Waals surface area contributed by atoms with Gasteiger partial charge in [-0.25, -0.2) is 9.79 Å². The number of fused-ring (bicyclic) bond motifs is 3. The van der Waals surface area contributed by atoms with Crippen LogP contribution < -0.4 is 4.90 Å². The zero-order valence-corrected chi connectivity index (χ0v) is 17.7. The van der Waals surface area contributed by atoms with Crippen molar-refractivity contribution in [1.82, 2.24) is 14.7 Å². The van der Waals surface area contributed by atoms with Gasteiger partial charge in [-0.1, -0.05) is 54.6 Å². The summed E-state index contributed by atoms with van der Waals surface area (Å²) < 4.78 is 0. The van der Waals surface area contributed by atoms with Crippen LogP contribution in [0.4, 0.5) is 10.5 Å². The summed E-state index contributed by atoms with van der Waals surface area (Å²) in [5.41, 5.74) is 3.26. The van der Waals surface area contributed by atoms with E-state index < -0.39 is 12.2 Å². The van der Waals surface area contributed by atoms with Crippen molar-refractivity contribution >= 4 is 29.7 Å². The molecule has 0 radical (unpaired) electrons. The lowest BCUT2D eigenvalue weighted by Crippen LogP contribution is -2.64. The molecule has 31 heavy (non-hydrogen) atoms. The molecule has 7 nitrogen and oxygen atoms in total. The van der Waals surface area contributed by atoms with E-state index in [0.29, 0.717) is 6.54 Å². The van der Waals surface area contributed by atoms with Crippen LogP contribution in [-0.4, -0.2) is 71.5 Å². The average Bonchev–Trinajstić information content (AvgIpc) is 3.35. The van der Waals surface area contributed by atoms with Gasteiger partial charge < -0.3 is 14.7 Å². The SMILES string of the molecule is Cc1cccc(N2CCN3C2=NC2C3C(=O)N(C/C=C/c3ccccc3)C(=O)N2C)c1. The van der Waals surface area contributed by atoms with E-state index in [0.717, 1.165) is 23.8 Å². The minimum Gasteiger partial charge on any atom is -0.325 e. The van der Waals surface area contributed by atoms with Gasteiger partial charge in [0.1, 0.15) is 0 Å². The maximum atomic E-state index is 13.4. The molecule has 3 aliphatic heterocycles. The number of hydrogen-bond acceptors (Lipinski definition) is 5. The van der Waals surface area contributed by atoms with E-state index in [4.69, 9.17) is 4.99 Å². The van der Waals surface area contributed by atoms with Crippen LogP contribution >= 0.6 is 0 Å². The molecule has 158 valence electrons. The van der Waals surface area contributed by atoms with Crippen LogP contribution in [0, 0.1) is 6.92 Å². The number of guanidine groups is 1. The molecule has 5 rings (SSSR count). The molecule has 2 aromatic rings. The number of rotatable bonds is 4. The number of carbonyl (C=O) groups excluding carboxylic acids is 2. The maximum Gasteiger partial charge on any atom is 0.328 e. The van der Waals surface area contributed by atoms with Gasteiger partial charge in [0.05, 0.1) is 0 Å². The second-order valence-corrected chi connectivity index (χ2v) is 8.13. The first-order chi connectivity index (χ1) is 15.0. The summed E-state index contributed by atoms with van der Waals surface area (Å²) in [5.74, 6) is 0.589. The van der Waals surface area contributed by atoms with Gasteiger partial charge in [-0.3, -0.25) is 9.69 Å². The molecule has 3 aliphatic rings. The Balaban J connectivity index is 1.38. The van der Waals surface area contributed by atoms with E-state index in [1.807, 2.05) is 53.5 Å². The molecule has 0 saturated carbocycles. The van der Waals surface area contributed by atoms with Gasteiger partial charge in [-0.2, -0.15) is 0 Å². The number of carbonyl (C=O) groups is 2. The molecule has 7 heteroatoms. The number of imide groups is 1. The number of nitrogens with zero attached hydrogens (tertiary/aromatic N) is 5. The van der Waals surface area contributed by atoms with Crippen LogP contribution in [0.2, 0.25) is 0 Å². The number of aryl methyl sites for hydroxylation is 1. The normalized spacial score (nSPS) is 23.0. The van der Waals surface area contributed by atoms with E-state index in [2.05, 4.69) is 30.0 Å². The molecular formula is C24H25N5O2. The Labute approximate surface area is 181 Å². The number of likely N-dealkylation sites (N-methyl/N-ethyl adjacent to an activating group) is 1. The van der Waals surface area contributed by atoms with Crippen LogP contribution in [0.25, 0.3) is 6.08 Å². The second kappa shape index (κ2) is 7.58. The molecule has 0 bridgehead atoms. The molecule has 0 spiro atoms. The smallest absolute Gasteiger partial charge is 0.325 e. The van der Waals surface area contributed by atoms with Gasteiger partial charge >= 0.3 is 6.03 Å². The average molecular weight is 415 g/mol. The third-order valence-electron chi connectivity index (χ3n) is 6.09. The summed E-state index contributed by atoms with van der Waals surface area (Å²) in [6.07, 6.45) is 3.30. The highest BCUT2D eigenvalue weighted by molar-refractivity contribution is 6.08. The fourth-order valence-corrected chi connectivity index (χ4v) is 4.50. The zero-order valence-electron chi connectivity index (χ0n) is 17.7. The summed E-state index contributed by atoms with van der Waals surface area (Å²) in [7, 11) is 1.73. The predicted molar refractivity (Wildman–Crippen MR) is 121 cm³/mol. The predicted octanol–water partition coefficient (Wildman–Crippen LogP) is 2.79. The maximum absolute atomic E-state index is 13.4. The third kappa shape index (κ3) is 3.26. The Morgan fingerprint density at radius 3 is 2.65 bits per heavy atom. The molecule has 2 atom stereocenters. The number of anilines is 1. The summed E-state index contributed by atoms with van der Waals surface area (Å²) in [5, 5.41) is 0. The van der Waals surface area contributed by atoms with Gasteiger partial charge in [-0.05, 0) is 30.2 Å². The lowest BCUT2D eigenvalue weighted by molar-refractivity contribution is -0.136. The largest absolute Gasteiger partial charge is 0.328 e. The van der Waals surface area contributed by atoms with Crippen molar-refractivity contribution in [2.75, 3.05) is 31.6 Å².